The van der Waals surface area contributed by atoms with Crippen LogP contribution >= 0.6 is 0 Å². The highest BCUT2D eigenvalue weighted by Gasteiger charge is 2.28. The number of hydrogen-bond donors (Lipinski definition) is 0. The number of likely N-dealkylation sites (tertiary alicyclic amines) is 1. The van der Waals surface area contributed by atoms with E-state index in [4.69, 9.17) is 0 Å². The third-order valence-corrected chi connectivity index (χ3v) is 4.92. The van der Waals surface area contributed by atoms with Crippen LogP contribution < -0.4 is 0 Å². The van der Waals surface area contributed by atoms with E-state index in [9.17, 15) is 19.7 Å². The number of hydrogen-bond acceptors (Lipinski definition) is 4. The van der Waals surface area contributed by atoms with Gasteiger partial charge in [0.15, 0.2) is 0 Å². The number of carbonyl (C=O) groups is 2. The maximum Gasteiger partial charge on any atom is 0.276 e. The molecule has 1 aliphatic rings. The molecule has 2 amide bonds. The highest BCUT2D eigenvalue weighted by atomic mass is 16.6. The zero-order valence-corrected chi connectivity index (χ0v) is 16.0. The van der Waals surface area contributed by atoms with Gasteiger partial charge in [-0.25, -0.2) is 0 Å². The normalized spacial score (nSPS) is 15.1. The number of carbonyl (C=O) groups excluding carboxylic acids is 2. The first-order valence-corrected chi connectivity index (χ1v) is 9.39. The van der Waals surface area contributed by atoms with Crippen LogP contribution in [0.25, 0.3) is 6.08 Å². The van der Waals surface area contributed by atoms with Gasteiger partial charge in [0.05, 0.1) is 10.5 Å². The molecule has 1 aromatic rings. The molecule has 0 atom stereocenters. The molecular formula is C20H27N3O4. The molecule has 1 aromatic carbocycles. The quantitative estimate of drug-likeness (QED) is 0.418. The summed E-state index contributed by atoms with van der Waals surface area (Å²) >= 11 is 0. The molecule has 1 fully saturated rings. The Morgan fingerprint density at radius 2 is 1.96 bits per heavy atom. The van der Waals surface area contributed by atoms with Gasteiger partial charge in [-0.2, -0.15) is 0 Å². The average molecular weight is 373 g/mol. The zero-order chi connectivity index (χ0) is 19.8. The summed E-state index contributed by atoms with van der Waals surface area (Å²) in [5, 5.41) is 11.0. The van der Waals surface area contributed by atoms with Crippen LogP contribution in [0.2, 0.25) is 0 Å². The SMILES string of the molecule is CCCCN(C)C(=O)C1CCN(C(=O)/C=C/c2ccccc2[N+](=O)[O-])CC1. The van der Waals surface area contributed by atoms with E-state index in [1.807, 2.05) is 7.05 Å². The maximum atomic E-state index is 12.4. The predicted molar refractivity (Wildman–Crippen MR) is 104 cm³/mol. The van der Waals surface area contributed by atoms with Crippen molar-refractivity contribution in [3.63, 3.8) is 0 Å². The van der Waals surface area contributed by atoms with E-state index in [-0.39, 0.29) is 23.4 Å². The van der Waals surface area contributed by atoms with Crippen molar-refractivity contribution in [2.24, 2.45) is 5.92 Å². The van der Waals surface area contributed by atoms with Crippen LogP contribution in [0.1, 0.15) is 38.2 Å². The van der Waals surface area contributed by atoms with Crippen molar-refractivity contribution in [1.82, 2.24) is 9.80 Å². The molecule has 0 radical (unpaired) electrons. The van der Waals surface area contributed by atoms with E-state index >= 15 is 0 Å². The Kier molecular flexibility index (Phi) is 7.52. The topological polar surface area (TPSA) is 83.8 Å². The summed E-state index contributed by atoms with van der Waals surface area (Å²) in [5.74, 6) is -0.0560. The molecule has 0 unspecified atom stereocenters. The lowest BCUT2D eigenvalue weighted by Gasteiger charge is -2.32. The van der Waals surface area contributed by atoms with E-state index in [1.54, 1.807) is 28.0 Å². The smallest absolute Gasteiger partial charge is 0.276 e. The number of amides is 2. The summed E-state index contributed by atoms with van der Waals surface area (Å²) in [4.78, 5) is 38.9. The molecule has 7 nitrogen and oxygen atoms in total. The molecule has 1 saturated heterocycles. The molecule has 0 bridgehead atoms. The van der Waals surface area contributed by atoms with E-state index in [0.29, 0.717) is 31.5 Å². The third-order valence-electron chi connectivity index (χ3n) is 4.92. The molecule has 1 heterocycles. The average Bonchev–Trinajstić information content (AvgIpc) is 2.69. The number of unbranched alkanes of at least 4 members (excludes halogenated alkanes) is 1. The van der Waals surface area contributed by atoms with Crippen LogP contribution in [0.3, 0.4) is 0 Å². The minimum atomic E-state index is -0.462. The van der Waals surface area contributed by atoms with Gasteiger partial charge in [0.25, 0.3) is 5.69 Å². The van der Waals surface area contributed by atoms with Crippen LogP contribution in [0, 0.1) is 16.0 Å². The number of para-hydroxylation sites is 1. The Morgan fingerprint density at radius 3 is 2.59 bits per heavy atom. The molecule has 0 spiro atoms. The Morgan fingerprint density at radius 1 is 1.30 bits per heavy atom. The summed E-state index contributed by atoms with van der Waals surface area (Å²) in [6.07, 6.45) is 6.21. The van der Waals surface area contributed by atoms with E-state index in [1.165, 1.54) is 18.2 Å². The van der Waals surface area contributed by atoms with Gasteiger partial charge in [0.1, 0.15) is 0 Å². The van der Waals surface area contributed by atoms with E-state index < -0.39 is 4.92 Å². The number of nitrogens with zero attached hydrogens (tertiary/aromatic N) is 3. The van der Waals surface area contributed by atoms with Gasteiger partial charge in [-0.05, 0) is 31.4 Å². The first kappa shape index (κ1) is 20.6. The van der Waals surface area contributed by atoms with E-state index in [0.717, 1.165) is 19.4 Å². The molecule has 7 heteroatoms. The lowest BCUT2D eigenvalue weighted by molar-refractivity contribution is -0.385. The van der Waals surface area contributed by atoms with Gasteiger partial charge in [-0.3, -0.25) is 19.7 Å². The molecule has 1 aliphatic heterocycles. The fourth-order valence-corrected chi connectivity index (χ4v) is 3.23. The van der Waals surface area contributed by atoms with Crippen LogP contribution in [-0.2, 0) is 9.59 Å². The fraction of sp³-hybridized carbons (Fsp3) is 0.500. The van der Waals surface area contributed by atoms with Crippen LogP contribution in [0.15, 0.2) is 30.3 Å². The number of rotatable bonds is 7. The predicted octanol–water partition coefficient (Wildman–Crippen LogP) is 3.11. The van der Waals surface area contributed by atoms with Gasteiger partial charge >= 0.3 is 0 Å². The van der Waals surface area contributed by atoms with Gasteiger partial charge < -0.3 is 9.80 Å². The second kappa shape index (κ2) is 9.85. The lowest BCUT2D eigenvalue weighted by atomic mass is 9.95. The summed E-state index contributed by atoms with van der Waals surface area (Å²) in [5.41, 5.74) is 0.374. The molecule has 27 heavy (non-hydrogen) atoms. The van der Waals surface area contributed by atoms with Crippen molar-refractivity contribution in [2.75, 3.05) is 26.7 Å². The first-order valence-electron chi connectivity index (χ1n) is 9.39. The number of nitro benzene ring substituents is 1. The van der Waals surface area contributed by atoms with Gasteiger partial charge in [0.2, 0.25) is 11.8 Å². The molecular weight excluding hydrogens is 346 g/mol. The van der Waals surface area contributed by atoms with Gasteiger partial charge in [-0.1, -0.05) is 25.5 Å². The monoisotopic (exact) mass is 373 g/mol. The Labute approximate surface area is 159 Å². The van der Waals surface area contributed by atoms with E-state index in [2.05, 4.69) is 6.92 Å². The van der Waals surface area contributed by atoms with Crippen LogP contribution in [0.5, 0.6) is 0 Å². The summed E-state index contributed by atoms with van der Waals surface area (Å²) < 4.78 is 0. The van der Waals surface area contributed by atoms with Crippen molar-refractivity contribution in [3.05, 3.63) is 46.0 Å². The van der Waals surface area contributed by atoms with Crippen LogP contribution in [-0.4, -0.2) is 53.2 Å². The molecule has 0 aliphatic carbocycles. The highest BCUT2D eigenvalue weighted by Crippen LogP contribution is 2.21. The van der Waals surface area contributed by atoms with Crippen molar-refractivity contribution in [1.29, 1.82) is 0 Å². The second-order valence-corrected chi connectivity index (χ2v) is 6.86. The molecule has 0 aromatic heterocycles. The summed E-state index contributed by atoms with van der Waals surface area (Å²) in [6, 6.07) is 6.31. The third kappa shape index (κ3) is 5.64. The number of nitro groups is 1. The fourth-order valence-electron chi connectivity index (χ4n) is 3.23. The zero-order valence-electron chi connectivity index (χ0n) is 16.0. The Balaban J connectivity index is 1.90. The molecule has 0 N–H and O–H groups in total. The van der Waals surface area contributed by atoms with Gasteiger partial charge in [0, 0.05) is 44.7 Å². The Bertz CT molecular complexity index is 709. The summed E-state index contributed by atoms with van der Waals surface area (Å²) in [7, 11) is 1.84. The minimum absolute atomic E-state index is 0.0269. The number of benzene rings is 1. The lowest BCUT2D eigenvalue weighted by Crippen LogP contribution is -2.43. The highest BCUT2D eigenvalue weighted by molar-refractivity contribution is 5.92. The molecule has 0 saturated carbocycles. The number of piperidine rings is 1. The van der Waals surface area contributed by atoms with Crippen molar-refractivity contribution < 1.29 is 14.5 Å². The van der Waals surface area contributed by atoms with Crippen molar-refractivity contribution >= 4 is 23.6 Å². The molecule has 146 valence electrons. The van der Waals surface area contributed by atoms with Crippen molar-refractivity contribution in [3.8, 4) is 0 Å². The van der Waals surface area contributed by atoms with Crippen LogP contribution in [0.4, 0.5) is 5.69 Å². The largest absolute Gasteiger partial charge is 0.346 e. The minimum Gasteiger partial charge on any atom is -0.346 e. The van der Waals surface area contributed by atoms with Crippen molar-refractivity contribution in [2.45, 2.75) is 32.6 Å². The van der Waals surface area contributed by atoms with Gasteiger partial charge in [-0.15, -0.1) is 0 Å². The standard InChI is InChI=1S/C20H27N3O4/c1-3-4-13-21(2)20(25)17-11-14-22(15-12-17)19(24)10-9-16-7-5-6-8-18(16)23(26)27/h5-10,17H,3-4,11-15H2,1-2H3/b10-9+. The molecule has 2 rings (SSSR count). The summed E-state index contributed by atoms with van der Waals surface area (Å²) in [6.45, 7) is 3.92. The second-order valence-electron chi connectivity index (χ2n) is 6.86. The Hall–Kier alpha value is -2.70. The maximum absolute atomic E-state index is 12.4. The first-order chi connectivity index (χ1) is 12.9.